The van der Waals surface area contributed by atoms with Crippen molar-refractivity contribution in [3.63, 3.8) is 0 Å². The molecule has 1 N–H and O–H groups in total. The topological polar surface area (TPSA) is 100 Å². The number of piperazine rings is 1. The number of nitrogens with one attached hydrogen (secondary N) is 1. The molecule has 0 unspecified atom stereocenters. The Morgan fingerprint density at radius 2 is 1.84 bits per heavy atom. The Morgan fingerprint density at radius 3 is 2.66 bits per heavy atom. The van der Waals surface area contributed by atoms with Crippen molar-refractivity contribution in [3.05, 3.63) is 52.8 Å². The Balaban J connectivity index is 1.26. The largest absolute Gasteiger partial charge is 0.360 e. The highest BCUT2D eigenvalue weighted by Crippen LogP contribution is 2.26. The van der Waals surface area contributed by atoms with Crippen molar-refractivity contribution in [2.75, 3.05) is 36.4 Å². The van der Waals surface area contributed by atoms with E-state index in [9.17, 15) is 4.79 Å². The van der Waals surface area contributed by atoms with Crippen LogP contribution in [0.1, 0.15) is 46.0 Å². The Hall–Kier alpha value is -3.49. The fourth-order valence-electron chi connectivity index (χ4n) is 4.35. The number of carbonyl (C=O) groups excluding carboxylic acids is 1. The summed E-state index contributed by atoms with van der Waals surface area (Å²) in [5.74, 6) is 3.85. The van der Waals surface area contributed by atoms with Gasteiger partial charge in [0.25, 0.3) is 5.91 Å². The number of rotatable bonds is 4. The van der Waals surface area contributed by atoms with Gasteiger partial charge in [0.2, 0.25) is 0 Å². The highest BCUT2D eigenvalue weighted by atomic mass is 16.5. The molecule has 0 aromatic carbocycles. The van der Waals surface area contributed by atoms with Gasteiger partial charge in [-0.25, -0.2) is 15.0 Å². The Kier molecular flexibility index (Phi) is 5.46. The third-order valence-electron chi connectivity index (χ3n) is 6.04. The van der Waals surface area contributed by atoms with E-state index in [4.69, 9.17) is 4.52 Å². The van der Waals surface area contributed by atoms with Crippen LogP contribution >= 0.6 is 0 Å². The molecular formula is C23H27N7O2. The van der Waals surface area contributed by atoms with Crippen LogP contribution in [-0.2, 0) is 12.8 Å². The zero-order valence-corrected chi connectivity index (χ0v) is 18.5. The molecule has 0 atom stereocenters. The van der Waals surface area contributed by atoms with Gasteiger partial charge in [0.15, 0.2) is 5.69 Å². The number of anilines is 3. The van der Waals surface area contributed by atoms with Gasteiger partial charge in [-0.05, 0) is 50.8 Å². The van der Waals surface area contributed by atoms with E-state index in [2.05, 4.69) is 30.3 Å². The molecule has 3 aromatic heterocycles. The summed E-state index contributed by atoms with van der Waals surface area (Å²) in [4.78, 5) is 30.6. The molecule has 9 heteroatoms. The summed E-state index contributed by atoms with van der Waals surface area (Å²) in [6.07, 6.45) is 5.72. The second-order valence-electron chi connectivity index (χ2n) is 8.42. The molecule has 0 saturated carbocycles. The predicted molar refractivity (Wildman–Crippen MR) is 120 cm³/mol. The average molecular weight is 434 g/mol. The Labute approximate surface area is 186 Å². The summed E-state index contributed by atoms with van der Waals surface area (Å²) < 4.78 is 5.44. The maximum absolute atomic E-state index is 13.1. The maximum atomic E-state index is 13.1. The van der Waals surface area contributed by atoms with Crippen molar-refractivity contribution in [2.45, 2.75) is 39.5 Å². The summed E-state index contributed by atoms with van der Waals surface area (Å²) in [5, 5.41) is 7.37. The number of hydrogen-bond donors (Lipinski definition) is 1. The lowest BCUT2D eigenvalue weighted by Gasteiger charge is -2.35. The van der Waals surface area contributed by atoms with Gasteiger partial charge in [-0.3, -0.25) is 4.79 Å². The molecule has 1 aliphatic carbocycles. The fourth-order valence-corrected chi connectivity index (χ4v) is 4.35. The van der Waals surface area contributed by atoms with Gasteiger partial charge in [0, 0.05) is 50.4 Å². The first kappa shape index (κ1) is 20.4. The van der Waals surface area contributed by atoms with Crippen LogP contribution < -0.4 is 10.2 Å². The third kappa shape index (κ3) is 4.15. The van der Waals surface area contributed by atoms with E-state index in [1.54, 1.807) is 6.20 Å². The van der Waals surface area contributed by atoms with E-state index in [0.717, 1.165) is 54.2 Å². The zero-order chi connectivity index (χ0) is 22.1. The second kappa shape index (κ2) is 8.57. The fraction of sp³-hybridized carbons (Fsp3) is 0.435. The van der Waals surface area contributed by atoms with Crippen LogP contribution in [0, 0.1) is 13.8 Å². The molecule has 1 amide bonds. The molecule has 1 saturated heterocycles. The lowest BCUT2D eigenvalue weighted by Crippen LogP contribution is -2.49. The molecule has 32 heavy (non-hydrogen) atoms. The number of fused-ring (bicyclic) bond motifs is 1. The number of nitrogens with zero attached hydrogens (tertiary/aromatic N) is 6. The Bertz CT molecular complexity index is 1140. The molecule has 2 aliphatic rings. The van der Waals surface area contributed by atoms with Crippen LogP contribution in [-0.4, -0.2) is 57.1 Å². The number of aryl methyl sites for hydroxylation is 3. The molecule has 1 aliphatic heterocycles. The summed E-state index contributed by atoms with van der Waals surface area (Å²) in [5.41, 5.74) is 2.64. The van der Waals surface area contributed by atoms with Crippen LogP contribution in [0.25, 0.3) is 0 Å². The van der Waals surface area contributed by atoms with E-state index in [1.807, 2.05) is 36.9 Å². The zero-order valence-electron chi connectivity index (χ0n) is 18.5. The highest BCUT2D eigenvalue weighted by Gasteiger charge is 2.29. The average Bonchev–Trinajstić information content (AvgIpc) is 3.22. The lowest BCUT2D eigenvalue weighted by molar-refractivity contribution is 0.0735. The van der Waals surface area contributed by atoms with Crippen LogP contribution in [0.4, 0.5) is 17.5 Å². The second-order valence-corrected chi connectivity index (χ2v) is 8.42. The number of amides is 1. The molecule has 0 bridgehead atoms. The van der Waals surface area contributed by atoms with E-state index in [-0.39, 0.29) is 5.91 Å². The first-order chi connectivity index (χ1) is 15.6. The molecule has 0 radical (unpaired) electrons. The third-order valence-corrected chi connectivity index (χ3v) is 6.04. The van der Waals surface area contributed by atoms with Gasteiger partial charge in [0.05, 0.1) is 0 Å². The van der Waals surface area contributed by atoms with E-state index in [1.165, 1.54) is 0 Å². The van der Waals surface area contributed by atoms with Crippen molar-refractivity contribution in [1.29, 1.82) is 0 Å². The number of hydrogen-bond acceptors (Lipinski definition) is 8. The molecule has 1 fully saturated rings. The smallest absolute Gasteiger partial charge is 0.276 e. The van der Waals surface area contributed by atoms with Crippen molar-refractivity contribution in [3.8, 4) is 0 Å². The molecule has 9 nitrogen and oxygen atoms in total. The van der Waals surface area contributed by atoms with Crippen molar-refractivity contribution in [1.82, 2.24) is 25.0 Å². The van der Waals surface area contributed by atoms with E-state index in [0.29, 0.717) is 43.5 Å². The monoisotopic (exact) mass is 433 g/mol. The van der Waals surface area contributed by atoms with Crippen molar-refractivity contribution < 1.29 is 9.32 Å². The molecule has 0 spiro atoms. The first-order valence-corrected chi connectivity index (χ1v) is 11.1. The van der Waals surface area contributed by atoms with E-state index < -0.39 is 0 Å². The minimum atomic E-state index is -0.0247. The summed E-state index contributed by atoms with van der Waals surface area (Å²) >= 11 is 0. The molecular weight excluding hydrogens is 406 g/mol. The Morgan fingerprint density at radius 1 is 1.03 bits per heavy atom. The standard InChI is InChI=1S/C23H27N7O2/c1-15-7-8-24-19(13-15)27-20-14-21(26-16(2)25-20)29-9-11-30(12-10-29)23(31)22-17-5-3-4-6-18(17)32-28-22/h7-8,13-14H,3-6,9-12H2,1-2H3,(H,24,25,26,27). The van der Waals surface area contributed by atoms with Crippen molar-refractivity contribution in [2.24, 2.45) is 0 Å². The summed E-state index contributed by atoms with van der Waals surface area (Å²) in [6, 6.07) is 5.87. The first-order valence-electron chi connectivity index (χ1n) is 11.1. The van der Waals surface area contributed by atoms with Crippen LogP contribution in [0.3, 0.4) is 0 Å². The molecule has 4 heterocycles. The maximum Gasteiger partial charge on any atom is 0.276 e. The van der Waals surface area contributed by atoms with Crippen molar-refractivity contribution >= 4 is 23.4 Å². The molecule has 166 valence electrons. The van der Waals surface area contributed by atoms with Crippen LogP contribution in [0.15, 0.2) is 28.9 Å². The van der Waals surface area contributed by atoms with E-state index >= 15 is 0 Å². The van der Waals surface area contributed by atoms with Gasteiger partial charge in [-0.15, -0.1) is 0 Å². The van der Waals surface area contributed by atoms with Gasteiger partial charge < -0.3 is 19.6 Å². The normalized spacial score (nSPS) is 16.1. The predicted octanol–water partition coefficient (Wildman–Crippen LogP) is 3.06. The lowest BCUT2D eigenvalue weighted by atomic mass is 9.96. The summed E-state index contributed by atoms with van der Waals surface area (Å²) in [7, 11) is 0. The number of carbonyl (C=O) groups is 1. The van der Waals surface area contributed by atoms with Gasteiger partial charge in [0.1, 0.15) is 29.0 Å². The van der Waals surface area contributed by atoms with Gasteiger partial charge >= 0.3 is 0 Å². The van der Waals surface area contributed by atoms with Gasteiger partial charge in [-0.1, -0.05) is 5.16 Å². The number of pyridine rings is 1. The molecule has 5 rings (SSSR count). The van der Waals surface area contributed by atoms with Crippen LogP contribution in [0.2, 0.25) is 0 Å². The summed E-state index contributed by atoms with van der Waals surface area (Å²) in [6.45, 7) is 6.54. The quantitative estimate of drug-likeness (QED) is 0.670. The minimum Gasteiger partial charge on any atom is -0.360 e. The molecule has 3 aromatic rings. The number of aromatic nitrogens is 4. The van der Waals surface area contributed by atoms with Crippen LogP contribution in [0.5, 0.6) is 0 Å². The SMILES string of the molecule is Cc1ccnc(Nc2cc(N3CCN(C(=O)c4noc5c4CCCC5)CC3)nc(C)n2)c1. The highest BCUT2D eigenvalue weighted by molar-refractivity contribution is 5.94. The minimum absolute atomic E-state index is 0.0247. The van der Waals surface area contributed by atoms with Gasteiger partial charge in [-0.2, -0.15) is 0 Å².